The Morgan fingerprint density at radius 2 is 2.07 bits per heavy atom. The molecule has 1 amide bonds. The summed E-state index contributed by atoms with van der Waals surface area (Å²) in [5.74, 6) is -0.995. The molecule has 2 rings (SSSR count). The first-order chi connectivity index (χ1) is 6.63. The molecule has 0 saturated heterocycles. The highest BCUT2D eigenvalue weighted by atomic mass is 79.9. The number of ketones is 1. The van der Waals surface area contributed by atoms with Crippen LogP contribution in [0.1, 0.15) is 22.8 Å². The second-order valence-electron chi connectivity index (χ2n) is 3.14. The topological polar surface area (TPSA) is 46.2 Å². The molecule has 1 aliphatic rings. The highest BCUT2D eigenvalue weighted by Gasteiger charge is 2.29. The molecule has 0 unspecified atom stereocenters. The second-order valence-corrected chi connectivity index (χ2v) is 3.99. The Labute approximate surface area is 89.6 Å². The predicted molar refractivity (Wildman–Crippen MR) is 56.5 cm³/mol. The van der Waals surface area contributed by atoms with Gasteiger partial charge in [0, 0.05) is 4.47 Å². The Morgan fingerprint density at radius 1 is 1.36 bits per heavy atom. The SMILES string of the molecule is CCc1cc(Br)c2c(c1)C(=O)C(=O)N2. The van der Waals surface area contributed by atoms with E-state index in [2.05, 4.69) is 21.2 Å². The average Bonchev–Trinajstić information content (AvgIpc) is 2.45. The molecule has 1 N–H and O–H groups in total. The summed E-state index contributed by atoms with van der Waals surface area (Å²) < 4.78 is 0.769. The van der Waals surface area contributed by atoms with E-state index in [0.717, 1.165) is 16.5 Å². The second kappa shape index (κ2) is 3.20. The van der Waals surface area contributed by atoms with Crippen LogP contribution in [0.3, 0.4) is 0 Å². The summed E-state index contributed by atoms with van der Waals surface area (Å²) in [5, 5.41) is 2.53. The van der Waals surface area contributed by atoms with Crippen LogP contribution in [-0.2, 0) is 11.2 Å². The Morgan fingerprint density at radius 3 is 2.71 bits per heavy atom. The van der Waals surface area contributed by atoms with Crippen molar-refractivity contribution < 1.29 is 9.59 Å². The first-order valence-corrected chi connectivity index (χ1v) is 5.11. The molecule has 0 aliphatic carbocycles. The number of rotatable bonds is 1. The van der Waals surface area contributed by atoms with Gasteiger partial charge in [-0.15, -0.1) is 0 Å². The minimum Gasteiger partial charge on any atom is -0.317 e. The molecule has 0 aromatic heterocycles. The van der Waals surface area contributed by atoms with E-state index in [4.69, 9.17) is 0 Å². The fourth-order valence-electron chi connectivity index (χ4n) is 1.47. The predicted octanol–water partition coefficient (Wildman–Crippen LogP) is 2.15. The minimum absolute atomic E-state index is 0.448. The lowest BCUT2D eigenvalue weighted by Crippen LogP contribution is -2.12. The number of aryl methyl sites for hydroxylation is 1. The van der Waals surface area contributed by atoms with E-state index in [1.807, 2.05) is 13.0 Å². The maximum Gasteiger partial charge on any atom is 0.296 e. The number of hydrogen-bond acceptors (Lipinski definition) is 2. The molecule has 4 heteroatoms. The van der Waals surface area contributed by atoms with E-state index < -0.39 is 11.7 Å². The van der Waals surface area contributed by atoms with Crippen LogP contribution in [0, 0.1) is 0 Å². The maximum absolute atomic E-state index is 11.4. The van der Waals surface area contributed by atoms with Crippen LogP contribution in [0.25, 0.3) is 0 Å². The maximum atomic E-state index is 11.4. The summed E-state index contributed by atoms with van der Waals surface area (Å²) in [6.07, 6.45) is 0.841. The lowest BCUT2D eigenvalue weighted by molar-refractivity contribution is -0.112. The third-order valence-corrected chi connectivity index (χ3v) is 2.87. The summed E-state index contributed by atoms with van der Waals surface area (Å²) in [6.45, 7) is 2.00. The Kier molecular flexibility index (Phi) is 2.15. The molecule has 0 fully saturated rings. The fourth-order valence-corrected chi connectivity index (χ4v) is 2.07. The molecule has 3 nitrogen and oxygen atoms in total. The molecule has 1 aromatic rings. The van der Waals surface area contributed by atoms with E-state index in [-0.39, 0.29) is 0 Å². The Bertz CT molecular complexity index is 440. The molecule has 0 bridgehead atoms. The molecule has 1 aliphatic heterocycles. The van der Waals surface area contributed by atoms with Crippen LogP contribution in [-0.4, -0.2) is 11.7 Å². The summed E-state index contributed by atoms with van der Waals surface area (Å²) in [6, 6.07) is 3.68. The molecular formula is C10H8BrNO2. The van der Waals surface area contributed by atoms with Gasteiger partial charge in [0.1, 0.15) is 0 Å². The first-order valence-electron chi connectivity index (χ1n) is 4.31. The van der Waals surface area contributed by atoms with Gasteiger partial charge in [0.05, 0.1) is 11.3 Å². The van der Waals surface area contributed by atoms with Crippen molar-refractivity contribution in [1.82, 2.24) is 0 Å². The smallest absolute Gasteiger partial charge is 0.296 e. The number of carbonyl (C=O) groups is 2. The number of benzene rings is 1. The number of carbonyl (C=O) groups excluding carboxylic acids is 2. The highest BCUT2D eigenvalue weighted by Crippen LogP contribution is 2.32. The zero-order valence-electron chi connectivity index (χ0n) is 7.56. The molecule has 0 atom stereocenters. The zero-order chi connectivity index (χ0) is 10.3. The number of fused-ring (bicyclic) bond motifs is 1. The first kappa shape index (κ1) is 9.40. The highest BCUT2D eigenvalue weighted by molar-refractivity contribution is 9.10. The van der Waals surface area contributed by atoms with Gasteiger partial charge in [-0.25, -0.2) is 0 Å². The molecular weight excluding hydrogens is 246 g/mol. The van der Waals surface area contributed by atoms with Crippen LogP contribution < -0.4 is 5.32 Å². The van der Waals surface area contributed by atoms with Crippen molar-refractivity contribution >= 4 is 33.3 Å². The molecule has 14 heavy (non-hydrogen) atoms. The van der Waals surface area contributed by atoms with Crippen molar-refractivity contribution in [1.29, 1.82) is 0 Å². The number of amides is 1. The van der Waals surface area contributed by atoms with Gasteiger partial charge in [0.25, 0.3) is 11.7 Å². The van der Waals surface area contributed by atoms with E-state index in [0.29, 0.717) is 11.3 Å². The van der Waals surface area contributed by atoms with Crippen molar-refractivity contribution in [3.05, 3.63) is 27.7 Å². The summed E-state index contributed by atoms with van der Waals surface area (Å²) in [7, 11) is 0. The summed E-state index contributed by atoms with van der Waals surface area (Å²) in [5.41, 5.74) is 2.11. The van der Waals surface area contributed by atoms with E-state index in [9.17, 15) is 9.59 Å². The van der Waals surface area contributed by atoms with E-state index in [1.165, 1.54) is 0 Å². The quantitative estimate of drug-likeness (QED) is 0.780. The molecule has 1 aromatic carbocycles. The minimum atomic E-state index is -0.547. The van der Waals surface area contributed by atoms with Crippen molar-refractivity contribution in [2.75, 3.05) is 5.32 Å². The molecule has 72 valence electrons. The van der Waals surface area contributed by atoms with Gasteiger partial charge >= 0.3 is 0 Å². The van der Waals surface area contributed by atoms with Crippen LogP contribution in [0.5, 0.6) is 0 Å². The third kappa shape index (κ3) is 1.26. The van der Waals surface area contributed by atoms with Gasteiger partial charge < -0.3 is 5.32 Å². The molecule has 0 spiro atoms. The van der Waals surface area contributed by atoms with Gasteiger partial charge in [0.15, 0.2) is 0 Å². The normalized spacial score (nSPS) is 14.1. The van der Waals surface area contributed by atoms with Gasteiger partial charge in [-0.05, 0) is 40.0 Å². The number of nitrogens with one attached hydrogen (secondary N) is 1. The van der Waals surface area contributed by atoms with Crippen molar-refractivity contribution in [3.63, 3.8) is 0 Å². The third-order valence-electron chi connectivity index (χ3n) is 2.25. The van der Waals surface area contributed by atoms with Gasteiger partial charge in [-0.2, -0.15) is 0 Å². The van der Waals surface area contributed by atoms with Crippen LogP contribution in [0.15, 0.2) is 16.6 Å². The van der Waals surface area contributed by atoms with Crippen molar-refractivity contribution in [2.24, 2.45) is 0 Å². The monoisotopic (exact) mass is 253 g/mol. The van der Waals surface area contributed by atoms with Gasteiger partial charge in [-0.3, -0.25) is 9.59 Å². The van der Waals surface area contributed by atoms with Crippen molar-refractivity contribution in [2.45, 2.75) is 13.3 Å². The standard InChI is InChI=1S/C10H8BrNO2/c1-2-5-3-6-8(7(11)4-5)12-10(14)9(6)13/h3-4H,2H2,1H3,(H,12,13,14). The summed E-state index contributed by atoms with van der Waals surface area (Å²) in [4.78, 5) is 22.5. The lowest BCUT2D eigenvalue weighted by atomic mass is 10.1. The fraction of sp³-hybridized carbons (Fsp3) is 0.200. The van der Waals surface area contributed by atoms with Crippen LogP contribution in [0.4, 0.5) is 5.69 Å². The number of hydrogen-bond donors (Lipinski definition) is 1. The molecule has 1 heterocycles. The number of Topliss-reactive ketones (excluding diaryl/α,β-unsaturated/α-hetero) is 1. The molecule has 0 saturated carbocycles. The number of halogens is 1. The van der Waals surface area contributed by atoms with Crippen LogP contribution in [0.2, 0.25) is 0 Å². The summed E-state index contributed by atoms with van der Waals surface area (Å²) >= 11 is 3.33. The largest absolute Gasteiger partial charge is 0.317 e. The van der Waals surface area contributed by atoms with Crippen LogP contribution >= 0.6 is 15.9 Å². The number of anilines is 1. The Hall–Kier alpha value is -1.16. The zero-order valence-corrected chi connectivity index (χ0v) is 9.14. The van der Waals surface area contributed by atoms with Gasteiger partial charge in [-0.1, -0.05) is 6.92 Å². The Balaban J connectivity index is 2.63. The van der Waals surface area contributed by atoms with Gasteiger partial charge in [0.2, 0.25) is 0 Å². The average molecular weight is 254 g/mol. The molecule has 0 radical (unpaired) electrons. The van der Waals surface area contributed by atoms with E-state index >= 15 is 0 Å². The van der Waals surface area contributed by atoms with E-state index in [1.54, 1.807) is 6.07 Å². The van der Waals surface area contributed by atoms with Crippen molar-refractivity contribution in [3.8, 4) is 0 Å². The lowest BCUT2D eigenvalue weighted by Gasteiger charge is -2.03.